The molecule has 27 heavy (non-hydrogen) atoms. The van der Waals surface area contributed by atoms with Crippen LogP contribution < -0.4 is 5.32 Å². The van der Waals surface area contributed by atoms with Crippen LogP contribution in [0, 0.1) is 0 Å². The molecule has 3 aromatic rings. The number of carbonyl (C=O) groups excluding carboxylic acids is 2. The normalized spacial score (nSPS) is 10.6. The molecule has 1 heterocycles. The summed E-state index contributed by atoms with van der Waals surface area (Å²) in [5.74, 6) is 0.704. The van der Waals surface area contributed by atoms with Crippen LogP contribution in [0.5, 0.6) is 0 Å². The molecule has 0 saturated carbocycles. The predicted molar refractivity (Wildman–Crippen MR) is 103 cm³/mol. The molecule has 3 rings (SSSR count). The molecule has 0 spiro atoms. The molecule has 0 radical (unpaired) electrons. The van der Waals surface area contributed by atoms with E-state index in [1.165, 1.54) is 6.92 Å². The second-order valence-electron chi connectivity index (χ2n) is 6.03. The maximum atomic E-state index is 12.1. The molecule has 0 bridgehead atoms. The Morgan fingerprint density at radius 1 is 1.15 bits per heavy atom. The fraction of sp³-hybridized carbons (Fsp3) is 0.200. The van der Waals surface area contributed by atoms with E-state index < -0.39 is 0 Å². The minimum absolute atomic E-state index is 0.0446. The topological polar surface area (TPSA) is 85.1 Å². The van der Waals surface area contributed by atoms with Gasteiger partial charge >= 0.3 is 0 Å². The zero-order valence-corrected chi connectivity index (χ0v) is 15.5. The molecule has 1 N–H and O–H groups in total. The van der Waals surface area contributed by atoms with Crippen molar-refractivity contribution < 1.29 is 14.1 Å². The summed E-state index contributed by atoms with van der Waals surface area (Å²) in [6, 6.07) is 14.1. The Kier molecular flexibility index (Phi) is 5.98. The lowest BCUT2D eigenvalue weighted by Crippen LogP contribution is -2.12. The molecule has 1 amide bonds. The van der Waals surface area contributed by atoms with Gasteiger partial charge in [0.15, 0.2) is 5.78 Å². The summed E-state index contributed by atoms with van der Waals surface area (Å²) in [5, 5.41) is 7.28. The first-order valence-electron chi connectivity index (χ1n) is 8.51. The lowest BCUT2D eigenvalue weighted by atomic mass is 10.1. The summed E-state index contributed by atoms with van der Waals surface area (Å²) in [7, 11) is 0. The van der Waals surface area contributed by atoms with Gasteiger partial charge in [-0.25, -0.2) is 0 Å². The standard InChI is InChI=1S/C20H18ClN3O3/c1-13(25)14-6-4-7-15(12-14)22-18(26)10-5-11-19-23-20(24-27-19)16-8-2-3-9-17(16)21/h2-4,6-9,12H,5,10-11H2,1H3,(H,22,26). The average Bonchev–Trinajstić information content (AvgIpc) is 3.11. The van der Waals surface area contributed by atoms with Gasteiger partial charge in [0, 0.05) is 29.7 Å². The number of rotatable bonds is 7. The van der Waals surface area contributed by atoms with Gasteiger partial charge in [0.05, 0.1) is 5.02 Å². The van der Waals surface area contributed by atoms with Crippen LogP contribution >= 0.6 is 11.6 Å². The zero-order chi connectivity index (χ0) is 19.2. The van der Waals surface area contributed by atoms with E-state index in [4.69, 9.17) is 16.1 Å². The Morgan fingerprint density at radius 3 is 2.74 bits per heavy atom. The van der Waals surface area contributed by atoms with Gasteiger partial charge in [0.2, 0.25) is 17.6 Å². The second kappa shape index (κ2) is 8.60. The Balaban J connectivity index is 1.51. The predicted octanol–water partition coefficient (Wildman–Crippen LogP) is 4.55. The molecule has 6 nitrogen and oxygen atoms in total. The molecular weight excluding hydrogens is 366 g/mol. The third-order valence-electron chi connectivity index (χ3n) is 3.93. The van der Waals surface area contributed by atoms with Crippen LogP contribution in [0.2, 0.25) is 5.02 Å². The van der Waals surface area contributed by atoms with Crippen LogP contribution in [-0.4, -0.2) is 21.8 Å². The van der Waals surface area contributed by atoms with Gasteiger partial charge in [-0.05, 0) is 37.6 Å². The molecule has 1 aromatic heterocycles. The van der Waals surface area contributed by atoms with Crippen LogP contribution in [0.15, 0.2) is 53.1 Å². The van der Waals surface area contributed by atoms with E-state index in [0.717, 1.165) is 0 Å². The Hall–Kier alpha value is -2.99. The summed E-state index contributed by atoms with van der Waals surface area (Å²) >= 11 is 6.13. The van der Waals surface area contributed by atoms with E-state index in [1.807, 2.05) is 18.2 Å². The van der Waals surface area contributed by atoms with Crippen molar-refractivity contribution in [3.8, 4) is 11.4 Å². The number of hydrogen-bond donors (Lipinski definition) is 1. The third-order valence-corrected chi connectivity index (χ3v) is 4.26. The van der Waals surface area contributed by atoms with Crippen molar-refractivity contribution in [1.29, 1.82) is 0 Å². The van der Waals surface area contributed by atoms with Gasteiger partial charge in [-0.3, -0.25) is 9.59 Å². The largest absolute Gasteiger partial charge is 0.339 e. The summed E-state index contributed by atoms with van der Waals surface area (Å²) in [5.41, 5.74) is 1.87. The molecule has 0 aliphatic heterocycles. The Labute approximate surface area is 161 Å². The van der Waals surface area contributed by atoms with Crippen molar-refractivity contribution in [2.24, 2.45) is 0 Å². The Bertz CT molecular complexity index is 968. The quantitative estimate of drug-likeness (QED) is 0.605. The smallest absolute Gasteiger partial charge is 0.226 e. The van der Waals surface area contributed by atoms with Gasteiger partial charge in [-0.15, -0.1) is 0 Å². The van der Waals surface area contributed by atoms with Crippen molar-refractivity contribution in [2.45, 2.75) is 26.2 Å². The molecule has 138 valence electrons. The highest BCUT2D eigenvalue weighted by Gasteiger charge is 2.12. The van der Waals surface area contributed by atoms with Gasteiger partial charge in [-0.1, -0.05) is 41.0 Å². The number of hydrogen-bond acceptors (Lipinski definition) is 5. The minimum Gasteiger partial charge on any atom is -0.339 e. The second-order valence-corrected chi connectivity index (χ2v) is 6.44. The van der Waals surface area contributed by atoms with E-state index in [0.29, 0.717) is 52.8 Å². The summed E-state index contributed by atoms with van der Waals surface area (Å²) in [6.45, 7) is 1.49. The molecular formula is C20H18ClN3O3. The van der Waals surface area contributed by atoms with E-state index in [1.54, 1.807) is 30.3 Å². The van der Waals surface area contributed by atoms with E-state index >= 15 is 0 Å². The van der Waals surface area contributed by atoms with Gasteiger partial charge in [0.1, 0.15) is 0 Å². The van der Waals surface area contributed by atoms with Crippen molar-refractivity contribution in [3.63, 3.8) is 0 Å². The summed E-state index contributed by atoms with van der Waals surface area (Å²) in [6.07, 6.45) is 1.34. The number of carbonyl (C=O) groups is 2. The van der Waals surface area contributed by atoms with E-state index in [9.17, 15) is 9.59 Å². The maximum absolute atomic E-state index is 12.1. The van der Waals surface area contributed by atoms with Crippen LogP contribution in [0.3, 0.4) is 0 Å². The SMILES string of the molecule is CC(=O)c1cccc(NC(=O)CCCc2nc(-c3ccccc3Cl)no2)c1. The van der Waals surface area contributed by atoms with Crippen LogP contribution in [0.25, 0.3) is 11.4 Å². The first-order valence-corrected chi connectivity index (χ1v) is 8.89. The fourth-order valence-electron chi connectivity index (χ4n) is 2.55. The molecule has 0 unspecified atom stereocenters. The molecule has 0 atom stereocenters. The molecule has 0 aliphatic carbocycles. The minimum atomic E-state index is -0.137. The lowest BCUT2D eigenvalue weighted by Gasteiger charge is -2.05. The van der Waals surface area contributed by atoms with Crippen molar-refractivity contribution in [3.05, 3.63) is 65.0 Å². The average molecular weight is 384 g/mol. The number of nitrogens with one attached hydrogen (secondary N) is 1. The Morgan fingerprint density at radius 2 is 1.96 bits per heavy atom. The number of aromatic nitrogens is 2. The monoisotopic (exact) mass is 383 g/mol. The molecule has 0 saturated heterocycles. The molecule has 0 fully saturated rings. The number of nitrogens with zero attached hydrogens (tertiary/aromatic N) is 2. The van der Waals surface area contributed by atoms with E-state index in [2.05, 4.69) is 15.5 Å². The van der Waals surface area contributed by atoms with Crippen LogP contribution in [-0.2, 0) is 11.2 Å². The maximum Gasteiger partial charge on any atom is 0.226 e. The fourth-order valence-corrected chi connectivity index (χ4v) is 2.77. The first kappa shape index (κ1) is 18.8. The van der Waals surface area contributed by atoms with Gasteiger partial charge < -0.3 is 9.84 Å². The molecule has 7 heteroatoms. The number of Topliss-reactive ketones (excluding diaryl/α,β-unsaturated/α-hetero) is 1. The van der Waals surface area contributed by atoms with Crippen molar-refractivity contribution in [1.82, 2.24) is 10.1 Å². The molecule has 2 aromatic carbocycles. The number of ketones is 1. The highest BCUT2D eigenvalue weighted by Crippen LogP contribution is 2.25. The number of anilines is 1. The number of halogens is 1. The van der Waals surface area contributed by atoms with Crippen LogP contribution in [0.4, 0.5) is 5.69 Å². The summed E-state index contributed by atoms with van der Waals surface area (Å²) < 4.78 is 5.23. The third kappa shape index (κ3) is 5.01. The van der Waals surface area contributed by atoms with Crippen molar-refractivity contribution in [2.75, 3.05) is 5.32 Å². The summed E-state index contributed by atoms with van der Waals surface area (Å²) in [4.78, 5) is 27.8. The highest BCUT2D eigenvalue weighted by atomic mass is 35.5. The number of amides is 1. The van der Waals surface area contributed by atoms with Gasteiger partial charge in [-0.2, -0.15) is 4.98 Å². The number of aryl methyl sites for hydroxylation is 1. The number of benzene rings is 2. The van der Waals surface area contributed by atoms with Gasteiger partial charge in [0.25, 0.3) is 0 Å². The molecule has 0 aliphatic rings. The zero-order valence-electron chi connectivity index (χ0n) is 14.7. The van der Waals surface area contributed by atoms with E-state index in [-0.39, 0.29) is 11.7 Å². The lowest BCUT2D eigenvalue weighted by molar-refractivity contribution is -0.116. The van der Waals surface area contributed by atoms with Crippen molar-refractivity contribution >= 4 is 29.0 Å². The highest BCUT2D eigenvalue weighted by molar-refractivity contribution is 6.33. The van der Waals surface area contributed by atoms with Crippen LogP contribution in [0.1, 0.15) is 36.0 Å². The first-order chi connectivity index (χ1) is 13.0.